The van der Waals surface area contributed by atoms with Crippen molar-refractivity contribution in [2.75, 3.05) is 0 Å². The van der Waals surface area contributed by atoms with Gasteiger partial charge in [-0.05, 0) is 170 Å². The molecule has 8 aromatic carbocycles. The zero-order chi connectivity index (χ0) is 84.4. The second kappa shape index (κ2) is 35.0. The van der Waals surface area contributed by atoms with E-state index >= 15 is 0 Å². The van der Waals surface area contributed by atoms with E-state index in [1.165, 1.54) is 0 Å². The molecule has 121 heavy (non-hydrogen) atoms. The largest absolute Gasteiger partial charge is 1.00 e. The number of phenols is 4. The van der Waals surface area contributed by atoms with Crippen molar-refractivity contribution in [2.45, 2.75) is 126 Å². The molecule has 8 aromatic heterocycles. The molecule has 24 bridgehead atoms. The van der Waals surface area contributed by atoms with E-state index < -0.39 is 17.9 Å². The number of aromatic nitrogens is 8. The van der Waals surface area contributed by atoms with Crippen molar-refractivity contribution in [3.63, 3.8) is 0 Å². The molecule has 2 radical (unpaired) electrons. The molecule has 0 amide bonds. The number of hydrogen-bond donors (Lipinski definition) is 8. The molecule has 8 N–H and O–H groups in total. The summed E-state index contributed by atoms with van der Waals surface area (Å²) in [6.07, 6.45) is 7.94. The molecule has 0 spiro atoms. The molecular weight excluding hydrogens is 1660 g/mol. The first-order chi connectivity index (χ1) is 55.9. The van der Waals surface area contributed by atoms with E-state index in [1.807, 2.05) is 176 Å². The normalized spacial score (nSPS) is 11.8. The standard InChI is InChI=1S/C47H40N4O2.C47H39N4O2.3C2H4O2.3Cu/c2*1-46(2,3)29-22-31-35-18-20-39(48-35)41(26-10-8-7-9-11-26)40-21-19-36(49-40)32-23-30(47(4,5)6)25-34(45(32)53)38-17-15-28-13-12-27-14-16-37(33(24-29)44(31)52)50-42(27)43(28)51-38;3*1-2(3)4;;;/h7-25,48,52-53H,1-6H3;7-25H,1-6H3,(H2-,48,49,50,51,52,53);3*1H3,(H,3,4);;;/q;-1;;;;;;+1. The fourth-order valence-corrected chi connectivity index (χ4v) is 14.7. The Labute approximate surface area is 731 Å². The molecule has 16 aromatic rings. The van der Waals surface area contributed by atoms with Gasteiger partial charge in [-0.2, -0.15) is 0 Å². The number of aromatic hydroxyl groups is 4. The first-order valence-corrected chi connectivity index (χ1v) is 38.9. The van der Waals surface area contributed by atoms with Crippen LogP contribution in [0.4, 0.5) is 0 Å². The monoisotopic (exact) mass is 1750 g/mol. The van der Waals surface area contributed by atoms with E-state index in [1.54, 1.807) is 0 Å². The molecule has 0 aliphatic carbocycles. The third-order valence-corrected chi connectivity index (χ3v) is 20.9. The third kappa shape index (κ3) is 18.6. The number of nitrogens with one attached hydrogen (secondary N) is 1. The molecule has 0 fully saturated rings. The Morgan fingerprint density at radius 1 is 0.306 bits per heavy atom. The van der Waals surface area contributed by atoms with Crippen molar-refractivity contribution in [2.24, 2.45) is 0 Å². The first-order valence-electron chi connectivity index (χ1n) is 38.9. The second-order valence-corrected chi connectivity index (χ2v) is 33.9. The first kappa shape index (κ1) is 89.2. The maximum absolute atomic E-state index is 12.1. The SMILES string of the molecule is CC(=O)O.CC(=O)O.CC(=O)O.CC(C)(C)c1cc2c3nc(c(-c4ccccc4)c4ccc([n-]4)c4cc(C(C)(C)C)cc(c4O)c4ccc5ccc6ccc(nc6c5n4)c(c1)c2O)C=C3.CC(C)(C)c1cc2c3nc(c(-c4ccccc4)c4ccc([nH]4)c4cc(C(C)(C)C)cc(c4O)c4ccc5ccc6ccc(nc6c5n4)c(c1)c2O)C=C3.[Cu+].[Cu].[Cu]. The third-order valence-electron chi connectivity index (χ3n) is 20.9. The number of hydrogen-bond acceptors (Lipinski definition) is 13. The number of benzene rings is 8. The van der Waals surface area contributed by atoms with Gasteiger partial charge in [0.1, 0.15) is 23.0 Å². The molecule has 0 unspecified atom stereocenters. The summed E-state index contributed by atoms with van der Waals surface area (Å²) in [5.41, 5.74) is 18.4. The van der Waals surface area contributed by atoms with Gasteiger partial charge in [0.15, 0.2) is 0 Å². The van der Waals surface area contributed by atoms with E-state index in [0.29, 0.717) is 93.1 Å². The minimum absolute atomic E-state index is 0. The molecule has 10 heterocycles. The number of nitrogens with zero attached hydrogens (tertiary/aromatic N) is 7. The summed E-state index contributed by atoms with van der Waals surface area (Å²) in [6.45, 7) is 29.3. The van der Waals surface area contributed by atoms with Gasteiger partial charge in [0.25, 0.3) is 17.9 Å². The summed E-state index contributed by atoms with van der Waals surface area (Å²) in [6, 6.07) is 68.9. The van der Waals surface area contributed by atoms with Crippen LogP contribution in [0.5, 0.6) is 23.0 Å². The molecular formula is C100H91Cu3N8O10. The molecule has 18 rings (SSSR count). The maximum atomic E-state index is 12.1. The molecule has 0 atom stereocenters. The van der Waals surface area contributed by atoms with Crippen LogP contribution >= 0.6 is 0 Å². The van der Waals surface area contributed by atoms with Crippen LogP contribution in [0.1, 0.15) is 149 Å². The molecule has 624 valence electrons. The van der Waals surface area contributed by atoms with Crippen LogP contribution in [-0.4, -0.2) is 88.5 Å². The number of carboxylic acid groups (broad SMARTS) is 3. The summed E-state index contributed by atoms with van der Waals surface area (Å²) in [7, 11) is 0. The number of carbonyl (C=O) groups is 3. The number of fused-ring (bicyclic) bond motifs is 28. The van der Waals surface area contributed by atoms with Gasteiger partial charge in [-0.25, -0.2) is 29.9 Å². The van der Waals surface area contributed by atoms with Crippen molar-refractivity contribution in [3.05, 3.63) is 251 Å². The van der Waals surface area contributed by atoms with Gasteiger partial charge in [-0.15, -0.1) is 11.0 Å². The van der Waals surface area contributed by atoms with Crippen LogP contribution in [0.2, 0.25) is 0 Å². The summed E-state index contributed by atoms with van der Waals surface area (Å²) in [5.74, 6) is -1.99. The topological polar surface area (TPSA) is 300 Å². The van der Waals surface area contributed by atoms with Crippen molar-refractivity contribution in [3.8, 4) is 45.3 Å². The van der Waals surface area contributed by atoms with Gasteiger partial charge in [0, 0.05) is 136 Å². The molecule has 0 saturated heterocycles. The quantitative estimate of drug-likeness (QED) is 0.0589. The number of H-pyrrole nitrogens is 1. The summed E-state index contributed by atoms with van der Waals surface area (Å²) in [5, 5.41) is 79.6. The van der Waals surface area contributed by atoms with Gasteiger partial charge in [0.05, 0.1) is 66.9 Å². The molecule has 21 heteroatoms. The van der Waals surface area contributed by atoms with Crippen LogP contribution in [0, 0.1) is 0 Å². The second-order valence-electron chi connectivity index (χ2n) is 33.9. The Kier molecular flexibility index (Phi) is 25.8. The van der Waals surface area contributed by atoms with Crippen LogP contribution < -0.4 is 4.98 Å². The zero-order valence-corrected chi connectivity index (χ0v) is 72.2. The number of aliphatic carboxylic acids is 3. The van der Waals surface area contributed by atoms with Crippen LogP contribution in [-0.2, 0) is 87.2 Å². The summed E-state index contributed by atoms with van der Waals surface area (Å²) >= 11 is 0. The Balaban J connectivity index is 0.000000204. The number of aromatic amines is 1. The van der Waals surface area contributed by atoms with Gasteiger partial charge in [0.2, 0.25) is 0 Å². The van der Waals surface area contributed by atoms with E-state index in [-0.39, 0.29) is 95.9 Å². The molecule has 2 aliphatic heterocycles. The minimum atomic E-state index is -0.833. The fourth-order valence-electron chi connectivity index (χ4n) is 14.7. The fraction of sp³-hybridized carbons (Fsp3) is 0.190. The average molecular weight is 1760 g/mol. The van der Waals surface area contributed by atoms with Crippen molar-refractivity contribution in [1.82, 2.24) is 39.9 Å². The minimum Gasteiger partial charge on any atom is -0.657 e. The van der Waals surface area contributed by atoms with Crippen LogP contribution in [0.3, 0.4) is 0 Å². The van der Waals surface area contributed by atoms with Crippen molar-refractivity contribution >= 4 is 173 Å². The maximum Gasteiger partial charge on any atom is 1.00 e. The Hall–Kier alpha value is -12.6. The van der Waals surface area contributed by atoms with E-state index in [2.05, 4.69) is 143 Å². The van der Waals surface area contributed by atoms with Crippen molar-refractivity contribution in [1.29, 1.82) is 0 Å². The Morgan fingerprint density at radius 2 is 0.570 bits per heavy atom. The van der Waals surface area contributed by atoms with Crippen LogP contribution in [0.25, 0.3) is 177 Å². The number of phenolic OH excluding ortho intramolecular Hbond substituents is 4. The average Bonchev–Trinajstić information content (AvgIpc) is 1.28. The number of rotatable bonds is 2. The summed E-state index contributed by atoms with van der Waals surface area (Å²) < 4.78 is 0. The van der Waals surface area contributed by atoms with E-state index in [0.717, 1.165) is 126 Å². The molecule has 18 nitrogen and oxygen atoms in total. The number of carboxylic acids is 3. The van der Waals surface area contributed by atoms with Gasteiger partial charge < -0.3 is 45.7 Å². The van der Waals surface area contributed by atoms with Gasteiger partial charge in [-0.3, -0.25) is 14.4 Å². The predicted molar refractivity (Wildman–Crippen MR) is 480 cm³/mol. The van der Waals surface area contributed by atoms with Crippen molar-refractivity contribution < 1.29 is 101 Å². The Morgan fingerprint density at radius 3 is 0.917 bits per heavy atom. The number of pyridine rings is 4. The Bertz CT molecular complexity index is 6730. The van der Waals surface area contributed by atoms with Gasteiger partial charge in [-0.1, -0.05) is 204 Å². The molecule has 2 aliphatic rings. The van der Waals surface area contributed by atoms with Crippen LogP contribution in [0.15, 0.2) is 206 Å². The zero-order valence-electron chi connectivity index (χ0n) is 69.3. The molecule has 0 saturated carbocycles. The predicted octanol–water partition coefficient (Wildman–Crippen LogP) is 23.8. The smallest absolute Gasteiger partial charge is 0.657 e. The summed E-state index contributed by atoms with van der Waals surface area (Å²) in [4.78, 5) is 67.1. The van der Waals surface area contributed by atoms with E-state index in [9.17, 15) is 20.4 Å². The van der Waals surface area contributed by atoms with Gasteiger partial charge >= 0.3 is 17.1 Å². The van der Waals surface area contributed by atoms with E-state index in [4.69, 9.17) is 64.6 Å².